The van der Waals surface area contributed by atoms with Gasteiger partial charge in [0.25, 0.3) is 5.91 Å². The summed E-state index contributed by atoms with van der Waals surface area (Å²) in [7, 11) is 0. The topological polar surface area (TPSA) is 85.1 Å². The quantitative estimate of drug-likeness (QED) is 0.400. The Morgan fingerprint density at radius 1 is 1.25 bits per heavy atom. The summed E-state index contributed by atoms with van der Waals surface area (Å²) in [5.41, 5.74) is 4.95. The van der Waals surface area contributed by atoms with Gasteiger partial charge in [0.2, 0.25) is 5.91 Å². The summed E-state index contributed by atoms with van der Waals surface area (Å²) in [6, 6.07) is 2.76. The molecule has 0 atom stereocenters. The Hall–Kier alpha value is -2.11. The highest BCUT2D eigenvalue weighted by Crippen LogP contribution is 2.28. The van der Waals surface area contributed by atoms with Crippen LogP contribution in [0, 0.1) is 11.1 Å². The fourth-order valence-electron chi connectivity index (χ4n) is 1.20. The summed E-state index contributed by atoms with van der Waals surface area (Å²) in [5, 5.41) is 10.7. The van der Waals surface area contributed by atoms with Crippen molar-refractivity contribution >= 4 is 11.8 Å². The molecular formula is C10H11N3O3. The highest BCUT2D eigenvalue weighted by Gasteiger charge is 2.29. The van der Waals surface area contributed by atoms with Crippen LogP contribution in [0.4, 0.5) is 0 Å². The standard InChI is InChI=1S/C10H11N3O3/c14-9(7-1-2-7)11-12-10(15)8-3-5-13(16)6-4-8/h3-7H,1-2H2,(H,11,14)(H,12,15). The van der Waals surface area contributed by atoms with Crippen molar-refractivity contribution in [2.45, 2.75) is 12.8 Å². The molecule has 0 spiro atoms. The lowest BCUT2D eigenvalue weighted by molar-refractivity contribution is -0.605. The van der Waals surface area contributed by atoms with E-state index >= 15 is 0 Å². The van der Waals surface area contributed by atoms with E-state index in [0.29, 0.717) is 10.3 Å². The van der Waals surface area contributed by atoms with E-state index in [1.165, 1.54) is 24.5 Å². The van der Waals surface area contributed by atoms with Crippen LogP contribution in [-0.4, -0.2) is 11.8 Å². The zero-order valence-corrected chi connectivity index (χ0v) is 8.47. The Bertz CT molecular complexity index is 412. The second-order valence-electron chi connectivity index (χ2n) is 3.66. The average molecular weight is 221 g/mol. The SMILES string of the molecule is O=C(NNC(=O)C1CC1)c1cc[n+]([O-])cc1. The zero-order valence-electron chi connectivity index (χ0n) is 8.47. The van der Waals surface area contributed by atoms with Gasteiger partial charge in [0.15, 0.2) is 12.4 Å². The minimum absolute atomic E-state index is 0.0415. The summed E-state index contributed by atoms with van der Waals surface area (Å²) in [6.45, 7) is 0. The highest BCUT2D eigenvalue weighted by atomic mass is 16.5. The van der Waals surface area contributed by atoms with Crippen molar-refractivity contribution in [3.63, 3.8) is 0 Å². The molecule has 2 amide bonds. The van der Waals surface area contributed by atoms with E-state index in [1.54, 1.807) is 0 Å². The molecule has 1 aliphatic rings. The van der Waals surface area contributed by atoms with Gasteiger partial charge in [0, 0.05) is 18.1 Å². The van der Waals surface area contributed by atoms with Gasteiger partial charge in [-0.25, -0.2) is 0 Å². The molecule has 1 aromatic heterocycles. The van der Waals surface area contributed by atoms with Crippen molar-refractivity contribution in [3.05, 3.63) is 35.3 Å². The van der Waals surface area contributed by atoms with Crippen LogP contribution in [0.2, 0.25) is 0 Å². The summed E-state index contributed by atoms with van der Waals surface area (Å²) in [6.07, 6.45) is 4.20. The van der Waals surface area contributed by atoms with Crippen molar-refractivity contribution in [1.29, 1.82) is 0 Å². The van der Waals surface area contributed by atoms with Gasteiger partial charge in [-0.05, 0) is 12.8 Å². The minimum atomic E-state index is -0.436. The molecule has 1 aromatic rings. The Kier molecular flexibility index (Phi) is 2.72. The molecule has 0 saturated heterocycles. The fourth-order valence-corrected chi connectivity index (χ4v) is 1.20. The van der Waals surface area contributed by atoms with Crippen LogP contribution in [0.5, 0.6) is 0 Å². The van der Waals surface area contributed by atoms with Gasteiger partial charge in [-0.1, -0.05) is 0 Å². The number of carbonyl (C=O) groups excluding carboxylic acids is 2. The number of hydrazine groups is 1. The number of nitrogens with zero attached hydrogens (tertiary/aromatic N) is 1. The zero-order chi connectivity index (χ0) is 11.5. The van der Waals surface area contributed by atoms with Crippen molar-refractivity contribution in [3.8, 4) is 0 Å². The van der Waals surface area contributed by atoms with Crippen LogP contribution < -0.4 is 15.6 Å². The van der Waals surface area contributed by atoms with Crippen LogP contribution in [0.1, 0.15) is 23.2 Å². The van der Waals surface area contributed by atoms with Gasteiger partial charge in [0.05, 0.1) is 5.56 Å². The largest absolute Gasteiger partial charge is 0.619 e. The summed E-state index contributed by atoms with van der Waals surface area (Å²) >= 11 is 0. The molecule has 0 unspecified atom stereocenters. The Morgan fingerprint density at radius 2 is 1.88 bits per heavy atom. The van der Waals surface area contributed by atoms with Gasteiger partial charge >= 0.3 is 0 Å². The molecule has 1 aliphatic carbocycles. The molecule has 2 rings (SSSR count). The summed E-state index contributed by atoms with van der Waals surface area (Å²) < 4.78 is 0.583. The fraction of sp³-hybridized carbons (Fsp3) is 0.300. The van der Waals surface area contributed by atoms with Crippen LogP contribution in [0.25, 0.3) is 0 Å². The monoisotopic (exact) mass is 221 g/mol. The van der Waals surface area contributed by atoms with Crippen LogP contribution in [-0.2, 0) is 4.79 Å². The number of hydrogen-bond acceptors (Lipinski definition) is 3. The lowest BCUT2D eigenvalue weighted by Gasteiger charge is -2.06. The molecule has 1 heterocycles. The Morgan fingerprint density at radius 3 is 2.44 bits per heavy atom. The van der Waals surface area contributed by atoms with E-state index in [1.807, 2.05) is 0 Å². The van der Waals surface area contributed by atoms with Crippen molar-refractivity contribution in [2.24, 2.45) is 5.92 Å². The summed E-state index contributed by atoms with van der Waals surface area (Å²) in [5.74, 6) is -0.558. The van der Waals surface area contributed by atoms with Gasteiger partial charge in [-0.15, -0.1) is 0 Å². The third-order valence-corrected chi connectivity index (χ3v) is 2.31. The molecule has 6 nitrogen and oxygen atoms in total. The molecular weight excluding hydrogens is 210 g/mol. The molecule has 6 heteroatoms. The van der Waals surface area contributed by atoms with E-state index in [-0.39, 0.29) is 11.8 Å². The van der Waals surface area contributed by atoms with Crippen molar-refractivity contribution in [2.75, 3.05) is 0 Å². The van der Waals surface area contributed by atoms with E-state index in [4.69, 9.17) is 0 Å². The van der Waals surface area contributed by atoms with Crippen LogP contribution >= 0.6 is 0 Å². The molecule has 1 fully saturated rings. The van der Waals surface area contributed by atoms with E-state index in [2.05, 4.69) is 10.9 Å². The predicted molar refractivity (Wildman–Crippen MR) is 53.7 cm³/mol. The molecule has 0 aliphatic heterocycles. The molecule has 0 aromatic carbocycles. The van der Waals surface area contributed by atoms with E-state index in [0.717, 1.165) is 12.8 Å². The first kappa shape index (κ1) is 10.4. The van der Waals surface area contributed by atoms with Crippen LogP contribution in [0.15, 0.2) is 24.5 Å². The lowest BCUT2D eigenvalue weighted by atomic mass is 10.2. The predicted octanol–water partition coefficient (Wildman–Crippen LogP) is -0.509. The third kappa shape index (κ3) is 2.47. The van der Waals surface area contributed by atoms with Gasteiger partial charge in [-0.2, -0.15) is 4.73 Å². The first-order valence-corrected chi connectivity index (χ1v) is 4.96. The molecule has 84 valence electrons. The molecule has 0 radical (unpaired) electrons. The van der Waals surface area contributed by atoms with Gasteiger partial charge in [0.1, 0.15) is 0 Å². The van der Waals surface area contributed by atoms with Gasteiger partial charge < -0.3 is 5.21 Å². The molecule has 0 bridgehead atoms. The molecule has 2 N–H and O–H groups in total. The number of aromatic nitrogens is 1. The van der Waals surface area contributed by atoms with Crippen LogP contribution in [0.3, 0.4) is 0 Å². The van der Waals surface area contributed by atoms with E-state index < -0.39 is 5.91 Å². The first-order valence-electron chi connectivity index (χ1n) is 4.96. The molecule has 16 heavy (non-hydrogen) atoms. The number of carbonyl (C=O) groups is 2. The maximum Gasteiger partial charge on any atom is 0.270 e. The number of rotatable bonds is 2. The maximum absolute atomic E-state index is 11.5. The number of pyridine rings is 1. The Balaban J connectivity index is 1.87. The number of nitrogens with one attached hydrogen (secondary N) is 2. The smallest absolute Gasteiger partial charge is 0.270 e. The lowest BCUT2D eigenvalue weighted by Crippen LogP contribution is -2.42. The minimum Gasteiger partial charge on any atom is -0.619 e. The van der Waals surface area contributed by atoms with Crippen molar-refractivity contribution in [1.82, 2.24) is 10.9 Å². The highest BCUT2D eigenvalue weighted by molar-refractivity contribution is 5.95. The second kappa shape index (κ2) is 4.18. The second-order valence-corrected chi connectivity index (χ2v) is 3.66. The first-order chi connectivity index (χ1) is 7.66. The molecule has 1 saturated carbocycles. The summed E-state index contributed by atoms with van der Waals surface area (Å²) in [4.78, 5) is 22.7. The number of amides is 2. The normalized spacial score (nSPS) is 14.2. The maximum atomic E-state index is 11.5. The third-order valence-electron chi connectivity index (χ3n) is 2.31. The van der Waals surface area contributed by atoms with E-state index in [9.17, 15) is 14.8 Å². The van der Waals surface area contributed by atoms with Crippen molar-refractivity contribution < 1.29 is 14.3 Å². The Labute approximate surface area is 91.8 Å². The van der Waals surface area contributed by atoms with Gasteiger partial charge in [-0.3, -0.25) is 20.4 Å². The number of hydrogen-bond donors (Lipinski definition) is 2. The average Bonchev–Trinajstić information content (AvgIpc) is 3.10.